The van der Waals surface area contributed by atoms with Gasteiger partial charge in [-0.3, -0.25) is 4.79 Å². The van der Waals surface area contributed by atoms with Crippen molar-refractivity contribution in [1.82, 2.24) is 10.2 Å². The van der Waals surface area contributed by atoms with E-state index in [1.165, 1.54) is 50.7 Å². The molecule has 1 aromatic carbocycles. The molecule has 0 aliphatic carbocycles. The third-order valence-corrected chi connectivity index (χ3v) is 4.94. The van der Waals surface area contributed by atoms with Crippen LogP contribution in [0.1, 0.15) is 37.7 Å². The molecule has 0 aromatic heterocycles. The molecule has 0 amide bonds. The maximum Gasteiger partial charge on any atom is 0.305 e. The molecule has 1 saturated heterocycles. The molecule has 0 spiro atoms. The van der Waals surface area contributed by atoms with Gasteiger partial charge < -0.3 is 19.9 Å². The van der Waals surface area contributed by atoms with Gasteiger partial charge in [-0.2, -0.15) is 0 Å². The van der Waals surface area contributed by atoms with Crippen molar-refractivity contribution in [2.45, 2.75) is 38.6 Å². The third kappa shape index (κ3) is 6.53. The van der Waals surface area contributed by atoms with Crippen LogP contribution in [0.4, 0.5) is 5.69 Å². The van der Waals surface area contributed by atoms with Crippen LogP contribution in [-0.2, 0) is 16.1 Å². The minimum atomic E-state index is -0.185. The van der Waals surface area contributed by atoms with E-state index in [4.69, 9.17) is 12.2 Å². The fraction of sp³-hybridized carbons (Fsp3) is 0.579. The largest absolute Gasteiger partial charge is 0.469 e. The lowest BCUT2D eigenvalue weighted by atomic mass is 10.1. The molecule has 1 fully saturated rings. The second-order valence-corrected chi connectivity index (χ2v) is 6.87. The first-order chi connectivity index (χ1) is 12.1. The molecule has 1 heterocycles. The number of piperidine rings is 1. The van der Waals surface area contributed by atoms with Crippen molar-refractivity contribution in [3.8, 4) is 0 Å². The molecule has 1 aliphatic heterocycles. The van der Waals surface area contributed by atoms with Crippen LogP contribution >= 0.6 is 12.2 Å². The summed E-state index contributed by atoms with van der Waals surface area (Å²) in [5.41, 5.74) is 2.55. The molecule has 138 valence electrons. The summed E-state index contributed by atoms with van der Waals surface area (Å²) in [4.78, 5) is 15.6. The summed E-state index contributed by atoms with van der Waals surface area (Å²) in [5, 5.41) is 3.89. The SMILES string of the molecule is COC(=O)CCCNC(=S)N(C)Cc1ccc(N2CCCCC2)cc1. The van der Waals surface area contributed by atoms with Crippen molar-refractivity contribution in [3.63, 3.8) is 0 Å². The molecule has 6 heteroatoms. The Morgan fingerprint density at radius 3 is 2.56 bits per heavy atom. The Morgan fingerprint density at radius 2 is 1.92 bits per heavy atom. The number of esters is 1. The van der Waals surface area contributed by atoms with Crippen LogP contribution in [-0.4, -0.2) is 49.8 Å². The summed E-state index contributed by atoms with van der Waals surface area (Å²) in [6.45, 7) is 3.77. The zero-order valence-electron chi connectivity index (χ0n) is 15.3. The zero-order valence-corrected chi connectivity index (χ0v) is 16.1. The van der Waals surface area contributed by atoms with E-state index < -0.39 is 0 Å². The van der Waals surface area contributed by atoms with Gasteiger partial charge in [0.15, 0.2) is 5.11 Å². The standard InChI is InChI=1S/C19H29N3O2S/c1-21(19(25)20-12-6-7-18(23)24-2)15-16-8-10-17(11-9-16)22-13-4-3-5-14-22/h8-11H,3-7,12-15H2,1-2H3,(H,20,25). The molecule has 0 saturated carbocycles. The fourth-order valence-corrected chi connectivity index (χ4v) is 3.14. The number of nitrogens with zero attached hydrogens (tertiary/aromatic N) is 2. The molecule has 0 unspecified atom stereocenters. The van der Waals surface area contributed by atoms with Crippen LogP contribution < -0.4 is 10.2 Å². The van der Waals surface area contributed by atoms with E-state index in [-0.39, 0.29) is 5.97 Å². The Balaban J connectivity index is 1.74. The monoisotopic (exact) mass is 363 g/mol. The number of hydrogen-bond acceptors (Lipinski definition) is 4. The number of nitrogens with one attached hydrogen (secondary N) is 1. The van der Waals surface area contributed by atoms with Crippen LogP contribution in [0.15, 0.2) is 24.3 Å². The number of benzene rings is 1. The van der Waals surface area contributed by atoms with E-state index in [9.17, 15) is 4.79 Å². The van der Waals surface area contributed by atoms with Gasteiger partial charge in [0.2, 0.25) is 0 Å². The van der Waals surface area contributed by atoms with Crippen molar-refractivity contribution in [1.29, 1.82) is 0 Å². The lowest BCUT2D eigenvalue weighted by Crippen LogP contribution is -2.37. The van der Waals surface area contributed by atoms with E-state index in [1.54, 1.807) is 0 Å². The Bertz CT molecular complexity index is 556. The highest BCUT2D eigenvalue weighted by molar-refractivity contribution is 7.80. The van der Waals surface area contributed by atoms with E-state index >= 15 is 0 Å². The van der Waals surface area contributed by atoms with Gasteiger partial charge in [-0.1, -0.05) is 12.1 Å². The Morgan fingerprint density at radius 1 is 1.24 bits per heavy atom. The summed E-state index contributed by atoms with van der Waals surface area (Å²) in [6, 6.07) is 8.78. The molecule has 0 radical (unpaired) electrons. The number of hydrogen-bond donors (Lipinski definition) is 1. The number of anilines is 1. The molecule has 0 bridgehead atoms. The van der Waals surface area contributed by atoms with E-state index in [2.05, 4.69) is 39.2 Å². The average Bonchev–Trinajstić information content (AvgIpc) is 2.66. The van der Waals surface area contributed by atoms with Gasteiger partial charge in [0.1, 0.15) is 0 Å². The van der Waals surface area contributed by atoms with Crippen molar-refractivity contribution >= 4 is 29.0 Å². The summed E-state index contributed by atoms with van der Waals surface area (Å²) in [5.74, 6) is -0.185. The summed E-state index contributed by atoms with van der Waals surface area (Å²) in [7, 11) is 3.39. The second kappa shape index (κ2) is 10.2. The highest BCUT2D eigenvalue weighted by Crippen LogP contribution is 2.20. The van der Waals surface area contributed by atoms with Crippen molar-refractivity contribution < 1.29 is 9.53 Å². The highest BCUT2D eigenvalue weighted by atomic mass is 32.1. The van der Waals surface area contributed by atoms with Gasteiger partial charge in [0.25, 0.3) is 0 Å². The van der Waals surface area contributed by atoms with Gasteiger partial charge >= 0.3 is 5.97 Å². The first-order valence-electron chi connectivity index (χ1n) is 9.00. The average molecular weight is 364 g/mol. The molecule has 2 rings (SSSR count). The molecule has 5 nitrogen and oxygen atoms in total. The molecule has 1 N–H and O–H groups in total. The Kier molecular flexibility index (Phi) is 7.98. The number of ether oxygens (including phenoxy) is 1. The maximum atomic E-state index is 11.1. The first kappa shape index (κ1) is 19.5. The molecular formula is C19H29N3O2S. The van der Waals surface area contributed by atoms with Gasteiger partial charge in [0, 0.05) is 45.3 Å². The lowest BCUT2D eigenvalue weighted by molar-refractivity contribution is -0.140. The second-order valence-electron chi connectivity index (χ2n) is 6.48. The van der Waals surface area contributed by atoms with Crippen LogP contribution in [0, 0.1) is 0 Å². The van der Waals surface area contributed by atoms with Gasteiger partial charge in [0.05, 0.1) is 7.11 Å². The van der Waals surface area contributed by atoms with E-state index in [0.29, 0.717) is 24.5 Å². The van der Waals surface area contributed by atoms with Crippen LogP contribution in [0.3, 0.4) is 0 Å². The Labute approximate surface area is 156 Å². The van der Waals surface area contributed by atoms with Crippen LogP contribution in [0.25, 0.3) is 0 Å². The van der Waals surface area contributed by atoms with Crippen LogP contribution in [0.2, 0.25) is 0 Å². The quantitative estimate of drug-likeness (QED) is 0.457. The normalized spacial score (nSPS) is 14.1. The van der Waals surface area contributed by atoms with Crippen LogP contribution in [0.5, 0.6) is 0 Å². The summed E-state index contributed by atoms with van der Waals surface area (Å²) < 4.78 is 4.62. The molecule has 1 aromatic rings. The van der Waals surface area contributed by atoms with Gasteiger partial charge in [-0.05, 0) is 55.6 Å². The zero-order chi connectivity index (χ0) is 18.1. The van der Waals surface area contributed by atoms with E-state index in [1.807, 2.05) is 11.9 Å². The lowest BCUT2D eigenvalue weighted by Gasteiger charge is -2.29. The smallest absolute Gasteiger partial charge is 0.305 e. The topological polar surface area (TPSA) is 44.8 Å². The third-order valence-electron chi connectivity index (χ3n) is 4.49. The Hall–Kier alpha value is -1.82. The first-order valence-corrected chi connectivity index (χ1v) is 9.40. The number of carbonyl (C=O) groups excluding carboxylic acids is 1. The number of rotatable bonds is 7. The van der Waals surface area contributed by atoms with Crippen molar-refractivity contribution in [2.75, 3.05) is 38.7 Å². The number of carbonyl (C=O) groups is 1. The molecule has 0 atom stereocenters. The number of thiocarbonyl (C=S) groups is 1. The molecule has 25 heavy (non-hydrogen) atoms. The molecule has 1 aliphatic rings. The number of methoxy groups -OCH3 is 1. The van der Waals surface area contributed by atoms with Gasteiger partial charge in [-0.25, -0.2) is 0 Å². The fourth-order valence-electron chi connectivity index (χ4n) is 2.98. The minimum Gasteiger partial charge on any atom is -0.469 e. The van der Waals surface area contributed by atoms with E-state index in [0.717, 1.165) is 6.54 Å². The molecular weight excluding hydrogens is 334 g/mol. The predicted octanol–water partition coefficient (Wildman–Crippen LogP) is 2.94. The van der Waals surface area contributed by atoms with Gasteiger partial charge in [-0.15, -0.1) is 0 Å². The maximum absolute atomic E-state index is 11.1. The highest BCUT2D eigenvalue weighted by Gasteiger charge is 2.11. The predicted molar refractivity (Wildman–Crippen MR) is 106 cm³/mol. The van der Waals surface area contributed by atoms with Crippen molar-refractivity contribution in [2.24, 2.45) is 0 Å². The summed E-state index contributed by atoms with van der Waals surface area (Å²) >= 11 is 5.40. The summed E-state index contributed by atoms with van der Waals surface area (Å²) in [6.07, 6.45) is 5.06. The minimum absolute atomic E-state index is 0.185. The van der Waals surface area contributed by atoms with Crippen molar-refractivity contribution in [3.05, 3.63) is 29.8 Å².